The Labute approximate surface area is 163 Å². The van der Waals surface area contributed by atoms with Crippen LogP contribution in [0.3, 0.4) is 0 Å². The highest BCUT2D eigenvalue weighted by Crippen LogP contribution is 2.41. The number of nitrogens with zero attached hydrogens (tertiary/aromatic N) is 3. The van der Waals surface area contributed by atoms with Crippen LogP contribution in [0.15, 0.2) is 6.07 Å². The van der Waals surface area contributed by atoms with Crippen LogP contribution in [0.5, 0.6) is 0 Å². The molecule has 1 saturated carbocycles. The molecule has 0 unspecified atom stereocenters. The van der Waals surface area contributed by atoms with E-state index in [1.165, 1.54) is 24.8 Å². The predicted molar refractivity (Wildman–Crippen MR) is 105 cm³/mol. The highest BCUT2D eigenvalue weighted by molar-refractivity contribution is 7.88. The van der Waals surface area contributed by atoms with Gasteiger partial charge >= 0.3 is 0 Å². The molecule has 1 aromatic rings. The Morgan fingerprint density at radius 1 is 1.20 bits per heavy atom. The highest BCUT2D eigenvalue weighted by atomic mass is 35.5. The Balaban J connectivity index is 0.00000156. The van der Waals surface area contributed by atoms with Crippen molar-refractivity contribution in [1.29, 1.82) is 0 Å². The fraction of sp³-hybridized carbons (Fsp3) is 0.812. The minimum absolute atomic E-state index is 0. The van der Waals surface area contributed by atoms with Crippen molar-refractivity contribution in [3.8, 4) is 0 Å². The van der Waals surface area contributed by atoms with E-state index in [0.29, 0.717) is 5.92 Å². The van der Waals surface area contributed by atoms with Crippen LogP contribution in [0.25, 0.3) is 0 Å². The zero-order valence-electron chi connectivity index (χ0n) is 15.1. The first-order chi connectivity index (χ1) is 10.8. The normalized spacial score (nSPS) is 24.0. The van der Waals surface area contributed by atoms with Gasteiger partial charge in [0, 0.05) is 31.4 Å². The summed E-state index contributed by atoms with van der Waals surface area (Å²) in [6.07, 6.45) is 4.83. The van der Waals surface area contributed by atoms with Crippen molar-refractivity contribution in [2.45, 2.75) is 45.7 Å². The molecule has 2 aliphatic rings. The maximum Gasteiger partial charge on any atom is 0.209 e. The molecule has 25 heavy (non-hydrogen) atoms. The number of nitrogens with one attached hydrogen (secondary N) is 1. The van der Waals surface area contributed by atoms with Crippen LogP contribution in [-0.4, -0.2) is 55.0 Å². The van der Waals surface area contributed by atoms with Gasteiger partial charge in [0.05, 0.1) is 11.9 Å². The summed E-state index contributed by atoms with van der Waals surface area (Å²) < 4.78 is 28.1. The molecular formula is C16H30Cl2N4O2S. The van der Waals surface area contributed by atoms with Gasteiger partial charge in [0.1, 0.15) is 0 Å². The Kier molecular flexibility index (Phi) is 8.21. The second kappa shape index (κ2) is 9.04. The molecule has 2 fully saturated rings. The SMILES string of the molecule is Cc1cc(C)n(CCCN2C[C@H](NS(C)(=O)=O)[C@@H](C3CC3)C2)n1.Cl.Cl. The monoisotopic (exact) mass is 412 g/mol. The van der Waals surface area contributed by atoms with Gasteiger partial charge in [0.2, 0.25) is 10.0 Å². The van der Waals surface area contributed by atoms with Crippen LogP contribution < -0.4 is 4.72 Å². The summed E-state index contributed by atoms with van der Waals surface area (Å²) in [5.41, 5.74) is 2.27. The van der Waals surface area contributed by atoms with Gasteiger partial charge in [-0.3, -0.25) is 4.68 Å². The van der Waals surface area contributed by atoms with Gasteiger partial charge < -0.3 is 4.90 Å². The highest BCUT2D eigenvalue weighted by Gasteiger charge is 2.43. The standard InChI is InChI=1S/C16H28N4O2S.2ClH/c1-12-9-13(2)20(17-12)8-4-7-19-10-15(14-5-6-14)16(11-19)18-23(3,21)22;;/h9,14-16,18H,4-8,10-11H2,1-3H3;2*1H/t15-,16+;;/m1../s1. The maximum absolute atomic E-state index is 11.6. The third-order valence-electron chi connectivity index (χ3n) is 4.98. The first kappa shape index (κ1) is 22.7. The minimum atomic E-state index is -3.13. The Morgan fingerprint density at radius 3 is 2.40 bits per heavy atom. The number of aromatic nitrogens is 2. The number of hydrogen-bond donors (Lipinski definition) is 1. The lowest BCUT2D eigenvalue weighted by Crippen LogP contribution is -2.40. The zero-order chi connectivity index (χ0) is 16.6. The first-order valence-electron chi connectivity index (χ1n) is 8.52. The zero-order valence-corrected chi connectivity index (χ0v) is 17.6. The van der Waals surface area contributed by atoms with Crippen LogP contribution in [-0.2, 0) is 16.6 Å². The van der Waals surface area contributed by atoms with Crippen molar-refractivity contribution in [2.75, 3.05) is 25.9 Å². The summed E-state index contributed by atoms with van der Waals surface area (Å²) in [7, 11) is -3.13. The van der Waals surface area contributed by atoms with Gasteiger partial charge in [-0.25, -0.2) is 13.1 Å². The van der Waals surface area contributed by atoms with Crippen molar-refractivity contribution in [1.82, 2.24) is 19.4 Å². The lowest BCUT2D eigenvalue weighted by molar-refractivity contribution is 0.303. The van der Waals surface area contributed by atoms with Gasteiger partial charge in [-0.1, -0.05) is 0 Å². The van der Waals surface area contributed by atoms with E-state index in [1.54, 1.807) is 0 Å². The molecular weight excluding hydrogens is 383 g/mol. The number of likely N-dealkylation sites (tertiary alicyclic amines) is 1. The maximum atomic E-state index is 11.6. The van der Waals surface area contributed by atoms with Gasteiger partial charge in [-0.2, -0.15) is 5.10 Å². The molecule has 9 heteroatoms. The number of hydrogen-bond acceptors (Lipinski definition) is 4. The minimum Gasteiger partial charge on any atom is -0.301 e. The quantitative estimate of drug-likeness (QED) is 0.743. The summed E-state index contributed by atoms with van der Waals surface area (Å²) >= 11 is 0. The summed E-state index contributed by atoms with van der Waals surface area (Å²) in [5.74, 6) is 1.20. The summed E-state index contributed by atoms with van der Waals surface area (Å²) in [6, 6.07) is 2.19. The molecule has 1 aromatic heterocycles. The molecule has 0 bridgehead atoms. The molecule has 1 aliphatic heterocycles. The van der Waals surface area contributed by atoms with Crippen LogP contribution in [0.1, 0.15) is 30.7 Å². The van der Waals surface area contributed by atoms with E-state index in [2.05, 4.69) is 32.4 Å². The topological polar surface area (TPSA) is 67.2 Å². The van der Waals surface area contributed by atoms with Crippen LogP contribution in [0.2, 0.25) is 0 Å². The van der Waals surface area contributed by atoms with E-state index in [1.807, 2.05) is 6.92 Å². The average Bonchev–Trinajstić information content (AvgIpc) is 3.12. The van der Waals surface area contributed by atoms with E-state index in [4.69, 9.17) is 0 Å². The van der Waals surface area contributed by atoms with Crippen molar-refractivity contribution in [3.63, 3.8) is 0 Å². The van der Waals surface area contributed by atoms with E-state index >= 15 is 0 Å². The number of halogens is 2. The molecule has 0 amide bonds. The molecule has 2 atom stereocenters. The number of rotatable bonds is 7. The lowest BCUT2D eigenvalue weighted by Gasteiger charge is -2.17. The largest absolute Gasteiger partial charge is 0.301 e. The Bertz CT molecular complexity index is 661. The second-order valence-electron chi connectivity index (χ2n) is 7.26. The molecule has 0 spiro atoms. The van der Waals surface area contributed by atoms with Crippen molar-refractivity contribution >= 4 is 34.8 Å². The Hall–Kier alpha value is -0.340. The fourth-order valence-electron chi connectivity index (χ4n) is 3.84. The Morgan fingerprint density at radius 2 is 1.88 bits per heavy atom. The molecule has 1 N–H and O–H groups in total. The molecule has 1 saturated heterocycles. The molecule has 6 nitrogen and oxygen atoms in total. The molecule has 2 heterocycles. The number of aryl methyl sites for hydroxylation is 3. The third kappa shape index (κ3) is 6.40. The predicted octanol–water partition coefficient (Wildman–Crippen LogP) is 1.99. The van der Waals surface area contributed by atoms with Gasteiger partial charge in [-0.05, 0) is 57.6 Å². The summed E-state index contributed by atoms with van der Waals surface area (Å²) in [5, 5.41) is 4.50. The van der Waals surface area contributed by atoms with Crippen molar-refractivity contribution in [2.24, 2.45) is 11.8 Å². The fourth-order valence-corrected chi connectivity index (χ4v) is 4.64. The van der Waals surface area contributed by atoms with E-state index in [9.17, 15) is 8.42 Å². The van der Waals surface area contributed by atoms with E-state index in [-0.39, 0.29) is 30.9 Å². The van der Waals surface area contributed by atoms with Crippen molar-refractivity contribution in [3.05, 3.63) is 17.5 Å². The first-order valence-corrected chi connectivity index (χ1v) is 10.4. The average molecular weight is 413 g/mol. The van der Waals surface area contributed by atoms with E-state index in [0.717, 1.165) is 44.2 Å². The summed E-state index contributed by atoms with van der Waals surface area (Å²) in [4.78, 5) is 2.41. The summed E-state index contributed by atoms with van der Waals surface area (Å²) in [6.45, 7) is 7.90. The second-order valence-corrected chi connectivity index (χ2v) is 9.04. The molecule has 3 rings (SSSR count). The van der Waals surface area contributed by atoms with Crippen LogP contribution in [0.4, 0.5) is 0 Å². The van der Waals surface area contributed by atoms with Crippen molar-refractivity contribution < 1.29 is 8.42 Å². The molecule has 1 aliphatic carbocycles. The van der Waals surface area contributed by atoms with Crippen LogP contribution >= 0.6 is 24.8 Å². The van der Waals surface area contributed by atoms with Crippen LogP contribution in [0, 0.1) is 25.7 Å². The van der Waals surface area contributed by atoms with Gasteiger partial charge in [-0.15, -0.1) is 24.8 Å². The van der Waals surface area contributed by atoms with Gasteiger partial charge in [0.25, 0.3) is 0 Å². The molecule has 146 valence electrons. The smallest absolute Gasteiger partial charge is 0.209 e. The third-order valence-corrected chi connectivity index (χ3v) is 5.71. The molecule has 0 aromatic carbocycles. The molecule has 0 radical (unpaired) electrons. The lowest BCUT2D eigenvalue weighted by atomic mass is 9.99. The van der Waals surface area contributed by atoms with Gasteiger partial charge in [0.15, 0.2) is 0 Å². The number of sulfonamides is 1. The van der Waals surface area contributed by atoms with E-state index < -0.39 is 10.0 Å².